The van der Waals surface area contributed by atoms with Crippen LogP contribution in [0.25, 0.3) is 0 Å². The number of aryl methyl sites for hydroxylation is 1. The number of likely N-dealkylation sites (tertiary alicyclic amines) is 1. The van der Waals surface area contributed by atoms with Gasteiger partial charge in [0, 0.05) is 37.7 Å². The second-order valence-corrected chi connectivity index (χ2v) is 14.5. The van der Waals surface area contributed by atoms with Crippen molar-refractivity contribution in [2.24, 2.45) is 5.92 Å². The number of anilines is 1. The summed E-state index contributed by atoms with van der Waals surface area (Å²) >= 11 is 0. The Morgan fingerprint density at radius 2 is 1.50 bits per heavy atom. The van der Waals surface area contributed by atoms with Crippen LogP contribution in [-0.4, -0.2) is 79.8 Å². The summed E-state index contributed by atoms with van der Waals surface area (Å²) in [7, 11) is -3.92. The molecule has 3 amide bonds. The van der Waals surface area contributed by atoms with Gasteiger partial charge in [-0.15, -0.1) is 0 Å². The van der Waals surface area contributed by atoms with Crippen LogP contribution in [0.2, 0.25) is 0 Å². The van der Waals surface area contributed by atoms with E-state index in [0.29, 0.717) is 50.0 Å². The van der Waals surface area contributed by atoms with Gasteiger partial charge in [0.05, 0.1) is 11.5 Å². The highest BCUT2D eigenvalue weighted by atomic mass is 32.2. The normalized spacial score (nSPS) is 17.5. The first-order valence-electron chi connectivity index (χ1n) is 17.0. The van der Waals surface area contributed by atoms with Crippen LogP contribution in [0, 0.1) is 12.8 Å². The zero-order chi connectivity index (χ0) is 35.7. The number of ether oxygens (including phenoxy) is 2. The minimum atomic E-state index is -3.92. The smallest absolute Gasteiger partial charge is 0.410 e. The van der Waals surface area contributed by atoms with Gasteiger partial charge < -0.3 is 25.0 Å². The van der Waals surface area contributed by atoms with E-state index >= 15 is 0 Å². The SMILES string of the molecule is CCOC(=O)[C@H](Cc1ccc(NC(=O)C2CCN(C(=O)OCc3ccccc3)CC2)cc1)NC(=O)[C@@H]1CCCN1S(=O)(=O)c1ccc(C)cc1. The van der Waals surface area contributed by atoms with Gasteiger partial charge in [-0.2, -0.15) is 4.31 Å². The fraction of sp³-hybridized carbons (Fsp3) is 0.405. The van der Waals surface area contributed by atoms with Gasteiger partial charge in [-0.1, -0.05) is 60.2 Å². The van der Waals surface area contributed by atoms with E-state index in [-0.39, 0.29) is 42.9 Å². The summed E-state index contributed by atoms with van der Waals surface area (Å²) in [5, 5.41) is 5.68. The molecule has 0 bridgehead atoms. The molecule has 2 atom stereocenters. The summed E-state index contributed by atoms with van der Waals surface area (Å²) < 4.78 is 38.7. The van der Waals surface area contributed by atoms with Crippen LogP contribution in [0.1, 0.15) is 49.3 Å². The Morgan fingerprint density at radius 3 is 2.16 bits per heavy atom. The lowest BCUT2D eigenvalue weighted by molar-refractivity contribution is -0.147. The molecule has 2 aliphatic heterocycles. The molecule has 2 aliphatic rings. The number of amides is 3. The van der Waals surface area contributed by atoms with E-state index in [1.54, 1.807) is 48.2 Å². The summed E-state index contributed by atoms with van der Waals surface area (Å²) in [6.07, 6.45) is 1.58. The van der Waals surface area contributed by atoms with Crippen molar-refractivity contribution < 1.29 is 37.1 Å². The second kappa shape index (κ2) is 16.8. The standard InChI is InChI=1S/C37H44N4O8S/c1-3-48-36(44)32(39-35(43)33-10-7-21-41(33)50(46,47)31-17-11-26(2)12-18-31)24-27-13-15-30(16-14-27)38-34(42)29-19-22-40(23-20-29)37(45)49-25-28-8-5-4-6-9-28/h4-6,8-9,11-18,29,32-33H,3,7,10,19-25H2,1-2H3,(H,38,42)(H,39,43)/t32-,33-/m0/s1. The lowest BCUT2D eigenvalue weighted by atomic mass is 9.96. The van der Waals surface area contributed by atoms with Crippen molar-refractivity contribution in [1.29, 1.82) is 0 Å². The molecule has 0 unspecified atom stereocenters. The fourth-order valence-electron chi connectivity index (χ4n) is 6.18. The molecule has 50 heavy (non-hydrogen) atoms. The third-order valence-electron chi connectivity index (χ3n) is 9.01. The number of carbonyl (C=O) groups excluding carboxylic acids is 4. The lowest BCUT2D eigenvalue weighted by Gasteiger charge is -2.30. The molecule has 13 heteroatoms. The molecule has 0 aliphatic carbocycles. The Kier molecular flexibility index (Phi) is 12.3. The third-order valence-corrected chi connectivity index (χ3v) is 10.9. The van der Waals surface area contributed by atoms with Gasteiger partial charge in [-0.25, -0.2) is 18.0 Å². The molecule has 2 N–H and O–H groups in total. The van der Waals surface area contributed by atoms with E-state index in [0.717, 1.165) is 11.1 Å². The topological polar surface area (TPSA) is 151 Å². The molecule has 0 spiro atoms. The number of nitrogens with zero attached hydrogens (tertiary/aromatic N) is 2. The zero-order valence-electron chi connectivity index (χ0n) is 28.4. The first-order chi connectivity index (χ1) is 24.0. The van der Waals surface area contributed by atoms with Gasteiger partial charge in [-0.05, 0) is 74.9 Å². The molecule has 0 aromatic heterocycles. The molecule has 0 radical (unpaired) electrons. The number of esters is 1. The highest BCUT2D eigenvalue weighted by Gasteiger charge is 2.40. The number of hydrogen-bond acceptors (Lipinski definition) is 8. The van der Waals surface area contributed by atoms with Gasteiger partial charge in [-0.3, -0.25) is 9.59 Å². The van der Waals surface area contributed by atoms with Crippen LogP contribution in [0.5, 0.6) is 0 Å². The number of piperidine rings is 1. The van der Waals surface area contributed by atoms with E-state index in [9.17, 15) is 27.6 Å². The average Bonchev–Trinajstić information content (AvgIpc) is 3.63. The number of nitrogens with one attached hydrogen (secondary N) is 2. The van der Waals surface area contributed by atoms with Gasteiger partial charge in [0.25, 0.3) is 0 Å². The molecule has 3 aromatic rings. The van der Waals surface area contributed by atoms with Crippen LogP contribution in [-0.2, 0) is 46.9 Å². The molecule has 0 saturated carbocycles. The first kappa shape index (κ1) is 36.5. The Balaban J connectivity index is 1.14. The van der Waals surface area contributed by atoms with Crippen LogP contribution in [0.3, 0.4) is 0 Å². The van der Waals surface area contributed by atoms with E-state index in [2.05, 4.69) is 10.6 Å². The molecular weight excluding hydrogens is 660 g/mol. The van der Waals surface area contributed by atoms with Crippen molar-refractivity contribution in [3.8, 4) is 0 Å². The minimum absolute atomic E-state index is 0.106. The highest BCUT2D eigenvalue weighted by Crippen LogP contribution is 2.27. The molecule has 2 heterocycles. The molecule has 3 aromatic carbocycles. The van der Waals surface area contributed by atoms with Crippen molar-refractivity contribution in [2.45, 2.75) is 69.5 Å². The van der Waals surface area contributed by atoms with E-state index < -0.39 is 40.1 Å². The van der Waals surface area contributed by atoms with Crippen LogP contribution in [0.15, 0.2) is 83.8 Å². The summed E-state index contributed by atoms with van der Waals surface area (Å²) in [4.78, 5) is 53.6. The maximum absolute atomic E-state index is 13.5. The number of sulfonamides is 1. The third kappa shape index (κ3) is 9.27. The quantitative estimate of drug-likeness (QED) is 0.263. The zero-order valence-corrected chi connectivity index (χ0v) is 29.2. The van der Waals surface area contributed by atoms with Gasteiger partial charge >= 0.3 is 12.1 Å². The molecule has 2 fully saturated rings. The molecule has 266 valence electrons. The molecular formula is C37H44N4O8S. The average molecular weight is 705 g/mol. The number of hydrogen-bond donors (Lipinski definition) is 2. The number of benzene rings is 3. The maximum atomic E-state index is 13.5. The number of carbonyl (C=O) groups is 4. The van der Waals surface area contributed by atoms with Crippen LogP contribution < -0.4 is 10.6 Å². The Morgan fingerprint density at radius 1 is 0.820 bits per heavy atom. The van der Waals surface area contributed by atoms with E-state index in [4.69, 9.17) is 9.47 Å². The fourth-order valence-corrected chi connectivity index (χ4v) is 7.84. The molecule has 5 rings (SSSR count). The van der Waals surface area contributed by atoms with Crippen molar-refractivity contribution in [3.05, 3.63) is 95.6 Å². The summed E-state index contributed by atoms with van der Waals surface area (Å²) in [5.41, 5.74) is 3.11. The monoisotopic (exact) mass is 704 g/mol. The Bertz CT molecular complexity index is 1740. The lowest BCUT2D eigenvalue weighted by Crippen LogP contribution is -2.51. The van der Waals surface area contributed by atoms with Crippen LogP contribution in [0.4, 0.5) is 10.5 Å². The van der Waals surface area contributed by atoms with Crippen molar-refractivity contribution >= 4 is 39.6 Å². The predicted molar refractivity (Wildman–Crippen MR) is 186 cm³/mol. The number of rotatable bonds is 12. The first-order valence-corrected chi connectivity index (χ1v) is 18.4. The van der Waals surface area contributed by atoms with Gasteiger partial charge in [0.2, 0.25) is 21.8 Å². The van der Waals surface area contributed by atoms with Crippen molar-refractivity contribution in [2.75, 3.05) is 31.6 Å². The van der Waals surface area contributed by atoms with Gasteiger partial charge in [0.1, 0.15) is 18.7 Å². The van der Waals surface area contributed by atoms with Gasteiger partial charge in [0.15, 0.2) is 0 Å². The molecule has 2 saturated heterocycles. The highest BCUT2D eigenvalue weighted by molar-refractivity contribution is 7.89. The predicted octanol–water partition coefficient (Wildman–Crippen LogP) is 4.43. The molecule has 12 nitrogen and oxygen atoms in total. The van der Waals surface area contributed by atoms with E-state index in [1.165, 1.54) is 16.4 Å². The Labute approximate surface area is 293 Å². The van der Waals surface area contributed by atoms with Crippen LogP contribution >= 0.6 is 0 Å². The Hall–Kier alpha value is -4.75. The second-order valence-electron chi connectivity index (χ2n) is 12.6. The largest absolute Gasteiger partial charge is 0.464 e. The summed E-state index contributed by atoms with van der Waals surface area (Å²) in [5.74, 6) is -1.59. The van der Waals surface area contributed by atoms with E-state index in [1.807, 2.05) is 37.3 Å². The maximum Gasteiger partial charge on any atom is 0.410 e. The summed E-state index contributed by atoms with van der Waals surface area (Å²) in [6.45, 7) is 4.88. The minimum Gasteiger partial charge on any atom is -0.464 e. The van der Waals surface area contributed by atoms with Crippen molar-refractivity contribution in [1.82, 2.24) is 14.5 Å². The van der Waals surface area contributed by atoms with Crippen molar-refractivity contribution in [3.63, 3.8) is 0 Å². The summed E-state index contributed by atoms with van der Waals surface area (Å²) in [6, 6.07) is 20.9.